The molecule has 17 heavy (non-hydrogen) atoms. The van der Waals surface area contributed by atoms with Gasteiger partial charge < -0.3 is 5.32 Å². The zero-order valence-electron chi connectivity index (χ0n) is 9.85. The quantitative estimate of drug-likeness (QED) is 0.921. The second-order valence-electron chi connectivity index (χ2n) is 3.89. The minimum Gasteiger partial charge on any atom is -0.350 e. The van der Waals surface area contributed by atoms with Crippen LogP contribution in [0.2, 0.25) is 0 Å². The van der Waals surface area contributed by atoms with Crippen LogP contribution in [-0.4, -0.2) is 32.6 Å². The smallest absolute Gasteiger partial charge is 0.243 e. The fourth-order valence-electron chi connectivity index (χ4n) is 1.52. The molecule has 1 N–H and O–H groups in total. The van der Waals surface area contributed by atoms with Crippen LogP contribution >= 0.6 is 27.7 Å². The van der Waals surface area contributed by atoms with Crippen LogP contribution in [-0.2, 0) is 0 Å². The van der Waals surface area contributed by atoms with Gasteiger partial charge in [-0.3, -0.25) is 0 Å². The van der Waals surface area contributed by atoms with Crippen LogP contribution < -0.4 is 5.32 Å². The molecule has 2 aromatic rings. The molecule has 2 rings (SSSR count). The van der Waals surface area contributed by atoms with Crippen molar-refractivity contribution < 1.29 is 0 Å². The average molecular weight is 315 g/mol. The van der Waals surface area contributed by atoms with Gasteiger partial charge in [-0.1, -0.05) is 0 Å². The molecule has 1 unspecified atom stereocenters. The Bertz CT molecular complexity index is 499. The van der Waals surface area contributed by atoms with Gasteiger partial charge in [0.2, 0.25) is 5.95 Å². The summed E-state index contributed by atoms with van der Waals surface area (Å²) < 4.78 is 2.73. The van der Waals surface area contributed by atoms with Crippen molar-refractivity contribution in [1.82, 2.24) is 14.6 Å². The van der Waals surface area contributed by atoms with E-state index in [1.807, 2.05) is 30.1 Å². The molecule has 0 aliphatic rings. The van der Waals surface area contributed by atoms with Gasteiger partial charge in [0.25, 0.3) is 0 Å². The van der Waals surface area contributed by atoms with E-state index in [4.69, 9.17) is 0 Å². The fourth-order valence-corrected chi connectivity index (χ4v) is 2.53. The number of pyridine rings is 1. The van der Waals surface area contributed by atoms with Gasteiger partial charge in [-0.15, -0.1) is 5.10 Å². The lowest BCUT2D eigenvalue weighted by atomic mass is 10.3. The zero-order chi connectivity index (χ0) is 12.3. The van der Waals surface area contributed by atoms with Crippen molar-refractivity contribution in [2.75, 3.05) is 17.3 Å². The number of hydrogen-bond donors (Lipinski definition) is 1. The molecule has 4 nitrogen and oxygen atoms in total. The molecule has 1 atom stereocenters. The lowest BCUT2D eigenvalue weighted by Crippen LogP contribution is -2.16. The number of nitrogens with zero attached hydrogens (tertiary/aromatic N) is 3. The first kappa shape index (κ1) is 12.7. The molecule has 2 heterocycles. The Morgan fingerprint density at radius 2 is 2.41 bits per heavy atom. The molecule has 0 amide bonds. The van der Waals surface area contributed by atoms with Crippen LogP contribution in [0.4, 0.5) is 5.95 Å². The number of rotatable bonds is 5. The van der Waals surface area contributed by atoms with Crippen molar-refractivity contribution >= 4 is 39.3 Å². The second kappa shape index (κ2) is 5.73. The van der Waals surface area contributed by atoms with E-state index in [0.29, 0.717) is 12.0 Å². The number of nitrogens with one attached hydrogen (secondary N) is 1. The summed E-state index contributed by atoms with van der Waals surface area (Å²) >= 11 is 5.32. The minimum atomic E-state index is 0.388. The Morgan fingerprint density at radius 3 is 3.12 bits per heavy atom. The minimum absolute atomic E-state index is 0.388. The summed E-state index contributed by atoms with van der Waals surface area (Å²) in [5, 5.41) is 7.70. The second-order valence-corrected chi connectivity index (χ2v) is 5.73. The molecule has 0 spiro atoms. The lowest BCUT2D eigenvalue weighted by molar-refractivity contribution is 0.759. The molecule has 0 saturated carbocycles. The van der Waals surface area contributed by atoms with Crippen molar-refractivity contribution in [3.63, 3.8) is 0 Å². The van der Waals surface area contributed by atoms with Crippen LogP contribution in [0.15, 0.2) is 22.8 Å². The third-order valence-electron chi connectivity index (χ3n) is 2.45. The molecule has 2 aromatic heterocycles. The Kier molecular flexibility index (Phi) is 4.28. The standard InChI is InChI=1S/C11H15BrN4S/c1-8(5-7-17-2)13-11-14-10-9(12)4-3-6-16(10)15-11/h3-4,6,8H,5,7H2,1-2H3,(H,13,15). The van der Waals surface area contributed by atoms with E-state index in [1.54, 1.807) is 4.52 Å². The van der Waals surface area contributed by atoms with Crippen molar-refractivity contribution in [2.24, 2.45) is 0 Å². The average Bonchev–Trinajstić information content (AvgIpc) is 2.70. The summed E-state index contributed by atoms with van der Waals surface area (Å²) in [7, 11) is 0. The van der Waals surface area contributed by atoms with E-state index in [1.165, 1.54) is 0 Å². The Morgan fingerprint density at radius 1 is 1.59 bits per heavy atom. The van der Waals surface area contributed by atoms with Gasteiger partial charge in [0.15, 0.2) is 5.65 Å². The molecule has 0 aliphatic carbocycles. The molecule has 0 aliphatic heterocycles. The summed E-state index contributed by atoms with van der Waals surface area (Å²) in [6, 6.07) is 4.29. The van der Waals surface area contributed by atoms with E-state index in [0.717, 1.165) is 22.3 Å². The van der Waals surface area contributed by atoms with Crippen molar-refractivity contribution in [1.29, 1.82) is 0 Å². The molecule has 0 fully saturated rings. The van der Waals surface area contributed by atoms with E-state index in [2.05, 4.69) is 44.5 Å². The molecular weight excluding hydrogens is 300 g/mol. The fraction of sp³-hybridized carbons (Fsp3) is 0.455. The van der Waals surface area contributed by atoms with Gasteiger partial charge in [0.05, 0.1) is 4.47 Å². The van der Waals surface area contributed by atoms with Crippen LogP contribution in [0.25, 0.3) is 5.65 Å². The summed E-state index contributed by atoms with van der Waals surface area (Å²) in [5.74, 6) is 1.83. The molecular formula is C11H15BrN4S. The predicted octanol–water partition coefficient (Wildman–Crippen LogP) is 3.05. The summed E-state index contributed by atoms with van der Waals surface area (Å²) in [4.78, 5) is 4.45. The number of hydrogen-bond acceptors (Lipinski definition) is 4. The summed E-state index contributed by atoms with van der Waals surface area (Å²) in [6.07, 6.45) is 5.12. The maximum Gasteiger partial charge on any atom is 0.243 e. The van der Waals surface area contributed by atoms with Gasteiger partial charge in [-0.2, -0.15) is 16.7 Å². The predicted molar refractivity (Wildman–Crippen MR) is 76.8 cm³/mol. The first-order chi connectivity index (χ1) is 8.20. The van der Waals surface area contributed by atoms with Crippen LogP contribution in [0.1, 0.15) is 13.3 Å². The van der Waals surface area contributed by atoms with Gasteiger partial charge in [-0.05, 0) is 53.4 Å². The highest BCUT2D eigenvalue weighted by atomic mass is 79.9. The molecule has 0 aromatic carbocycles. The Labute approximate surface area is 113 Å². The number of aromatic nitrogens is 3. The Balaban J connectivity index is 2.11. The normalized spacial score (nSPS) is 12.9. The number of thioether (sulfide) groups is 1. The monoisotopic (exact) mass is 314 g/mol. The molecule has 92 valence electrons. The van der Waals surface area contributed by atoms with Crippen LogP contribution in [0.3, 0.4) is 0 Å². The van der Waals surface area contributed by atoms with E-state index < -0.39 is 0 Å². The van der Waals surface area contributed by atoms with Crippen molar-refractivity contribution in [3.05, 3.63) is 22.8 Å². The maximum atomic E-state index is 4.45. The van der Waals surface area contributed by atoms with E-state index in [-0.39, 0.29) is 0 Å². The van der Waals surface area contributed by atoms with E-state index >= 15 is 0 Å². The van der Waals surface area contributed by atoms with E-state index in [9.17, 15) is 0 Å². The van der Waals surface area contributed by atoms with Gasteiger partial charge in [0, 0.05) is 12.2 Å². The number of fused-ring (bicyclic) bond motifs is 1. The largest absolute Gasteiger partial charge is 0.350 e. The van der Waals surface area contributed by atoms with Gasteiger partial charge >= 0.3 is 0 Å². The zero-order valence-corrected chi connectivity index (χ0v) is 12.3. The SMILES string of the molecule is CSCCC(C)Nc1nc2c(Br)cccn2n1. The number of anilines is 1. The van der Waals surface area contributed by atoms with Gasteiger partial charge in [-0.25, -0.2) is 4.52 Å². The highest BCUT2D eigenvalue weighted by molar-refractivity contribution is 9.10. The van der Waals surface area contributed by atoms with Gasteiger partial charge in [0.1, 0.15) is 0 Å². The van der Waals surface area contributed by atoms with Crippen molar-refractivity contribution in [2.45, 2.75) is 19.4 Å². The lowest BCUT2D eigenvalue weighted by Gasteiger charge is -2.10. The maximum absolute atomic E-state index is 4.45. The number of halogens is 1. The summed E-state index contributed by atoms with van der Waals surface area (Å²) in [6.45, 7) is 2.15. The summed E-state index contributed by atoms with van der Waals surface area (Å²) in [5.41, 5.74) is 0.840. The molecule has 0 bridgehead atoms. The molecule has 6 heteroatoms. The third kappa shape index (κ3) is 3.13. The Hall–Kier alpha value is -0.750. The highest BCUT2D eigenvalue weighted by Gasteiger charge is 2.08. The molecule has 0 radical (unpaired) electrons. The molecule has 0 saturated heterocycles. The highest BCUT2D eigenvalue weighted by Crippen LogP contribution is 2.17. The first-order valence-electron chi connectivity index (χ1n) is 5.47. The van der Waals surface area contributed by atoms with Crippen LogP contribution in [0.5, 0.6) is 0 Å². The van der Waals surface area contributed by atoms with Crippen LogP contribution in [0, 0.1) is 0 Å². The topological polar surface area (TPSA) is 42.2 Å². The van der Waals surface area contributed by atoms with Crippen molar-refractivity contribution in [3.8, 4) is 0 Å². The first-order valence-corrected chi connectivity index (χ1v) is 7.65. The third-order valence-corrected chi connectivity index (χ3v) is 3.71.